The lowest BCUT2D eigenvalue weighted by Crippen LogP contribution is -2.38. The summed E-state index contributed by atoms with van der Waals surface area (Å²) < 4.78 is 27.6. The largest absolute Gasteiger partial charge is 0.384 e. The van der Waals surface area contributed by atoms with Crippen LogP contribution in [0.5, 0.6) is 0 Å². The van der Waals surface area contributed by atoms with Gasteiger partial charge in [-0.2, -0.15) is 4.31 Å². The minimum atomic E-state index is -3.49. The highest BCUT2D eigenvalue weighted by molar-refractivity contribution is 7.89. The van der Waals surface area contributed by atoms with Crippen LogP contribution >= 0.6 is 0 Å². The van der Waals surface area contributed by atoms with E-state index in [1.54, 1.807) is 16.6 Å². The first-order valence-electron chi connectivity index (χ1n) is 7.68. The van der Waals surface area contributed by atoms with Gasteiger partial charge in [-0.25, -0.2) is 8.42 Å². The van der Waals surface area contributed by atoms with Crippen molar-refractivity contribution in [1.82, 2.24) is 9.29 Å². The van der Waals surface area contributed by atoms with Crippen molar-refractivity contribution in [2.24, 2.45) is 5.92 Å². The van der Waals surface area contributed by atoms with Crippen molar-refractivity contribution in [3.05, 3.63) is 18.5 Å². The van der Waals surface area contributed by atoms with Gasteiger partial charge in [-0.3, -0.25) is 4.98 Å². The van der Waals surface area contributed by atoms with Gasteiger partial charge in [-0.15, -0.1) is 0 Å². The second kappa shape index (κ2) is 6.75. The minimum absolute atomic E-state index is 0.0919. The summed E-state index contributed by atoms with van der Waals surface area (Å²) in [5.41, 5.74) is 0.654. The number of sulfonamides is 1. The Hall–Kier alpha value is -1.14. The summed E-state index contributed by atoms with van der Waals surface area (Å²) in [6.07, 6.45) is 5.90. The van der Waals surface area contributed by atoms with Crippen LogP contribution in [0.3, 0.4) is 0 Å². The van der Waals surface area contributed by atoms with Gasteiger partial charge in [0.1, 0.15) is 4.90 Å². The highest BCUT2D eigenvalue weighted by Gasteiger charge is 2.37. The van der Waals surface area contributed by atoms with Gasteiger partial charge in [0.2, 0.25) is 10.0 Å². The minimum Gasteiger partial charge on any atom is -0.384 e. The summed E-state index contributed by atoms with van der Waals surface area (Å²) in [5, 5.41) is 3.19. The molecule has 1 atom stereocenters. The zero-order chi connectivity index (χ0) is 15.5. The molecule has 0 amide bonds. The van der Waals surface area contributed by atoms with Gasteiger partial charge in [-0.05, 0) is 31.2 Å². The SMILES string of the molecule is CCCNc1ccncc1S(=O)(=O)N1CCCC1C(C)C. The molecule has 118 valence electrons. The molecule has 1 saturated heterocycles. The molecule has 1 N–H and O–H groups in total. The van der Waals surface area contributed by atoms with E-state index >= 15 is 0 Å². The molecule has 1 aromatic heterocycles. The fourth-order valence-electron chi connectivity index (χ4n) is 2.85. The monoisotopic (exact) mass is 311 g/mol. The molecule has 0 aliphatic carbocycles. The summed E-state index contributed by atoms with van der Waals surface area (Å²) >= 11 is 0. The van der Waals surface area contributed by atoms with Crippen LogP contribution in [0.25, 0.3) is 0 Å². The molecule has 1 aromatic rings. The van der Waals surface area contributed by atoms with Crippen molar-refractivity contribution in [1.29, 1.82) is 0 Å². The first-order chi connectivity index (χ1) is 9.98. The van der Waals surface area contributed by atoms with Crippen LogP contribution in [-0.2, 0) is 10.0 Å². The zero-order valence-electron chi connectivity index (χ0n) is 13.0. The van der Waals surface area contributed by atoms with Crippen molar-refractivity contribution >= 4 is 15.7 Å². The maximum absolute atomic E-state index is 13.0. The molecule has 6 heteroatoms. The molecule has 5 nitrogen and oxygen atoms in total. The Morgan fingerprint density at radius 3 is 2.90 bits per heavy atom. The molecule has 2 heterocycles. The summed E-state index contributed by atoms with van der Waals surface area (Å²) in [5.74, 6) is 0.325. The van der Waals surface area contributed by atoms with E-state index in [0.717, 1.165) is 25.8 Å². The van der Waals surface area contributed by atoms with E-state index in [0.29, 0.717) is 23.0 Å². The number of hydrogen-bond donors (Lipinski definition) is 1. The van der Waals surface area contributed by atoms with Crippen molar-refractivity contribution in [2.45, 2.75) is 51.0 Å². The quantitative estimate of drug-likeness (QED) is 0.877. The van der Waals surface area contributed by atoms with Gasteiger partial charge in [-0.1, -0.05) is 20.8 Å². The van der Waals surface area contributed by atoms with Crippen LogP contribution in [0.2, 0.25) is 0 Å². The molecule has 0 radical (unpaired) electrons. The molecule has 1 aliphatic heterocycles. The van der Waals surface area contributed by atoms with Gasteiger partial charge >= 0.3 is 0 Å². The van der Waals surface area contributed by atoms with Crippen molar-refractivity contribution in [3.63, 3.8) is 0 Å². The lowest BCUT2D eigenvalue weighted by atomic mass is 10.0. The number of anilines is 1. The van der Waals surface area contributed by atoms with Crippen molar-refractivity contribution in [2.75, 3.05) is 18.4 Å². The molecule has 0 spiro atoms. The third-order valence-corrected chi connectivity index (χ3v) is 5.91. The standard InChI is InChI=1S/C15H25N3O2S/c1-4-8-17-13-7-9-16-11-15(13)21(19,20)18-10-5-6-14(18)12(2)3/h7,9,11-12,14H,4-6,8,10H2,1-3H3,(H,16,17). The lowest BCUT2D eigenvalue weighted by Gasteiger charge is -2.27. The van der Waals surface area contributed by atoms with E-state index in [9.17, 15) is 8.42 Å². The topological polar surface area (TPSA) is 62.3 Å². The van der Waals surface area contributed by atoms with Gasteiger partial charge in [0.25, 0.3) is 0 Å². The van der Waals surface area contributed by atoms with E-state index in [2.05, 4.69) is 31.1 Å². The molecule has 0 bridgehead atoms. The van der Waals surface area contributed by atoms with Crippen LogP contribution in [-0.4, -0.2) is 36.8 Å². The summed E-state index contributed by atoms with van der Waals surface area (Å²) in [6, 6.07) is 1.83. The zero-order valence-corrected chi connectivity index (χ0v) is 13.9. The molecule has 1 unspecified atom stereocenters. The predicted molar refractivity (Wildman–Crippen MR) is 84.8 cm³/mol. The number of nitrogens with zero attached hydrogens (tertiary/aromatic N) is 2. The Morgan fingerprint density at radius 2 is 2.24 bits per heavy atom. The summed E-state index contributed by atoms with van der Waals surface area (Å²) in [7, 11) is -3.49. The molecule has 0 aromatic carbocycles. The Labute approximate surface area is 127 Å². The second-order valence-electron chi connectivity index (χ2n) is 5.87. The summed E-state index contributed by atoms with van der Waals surface area (Å²) in [6.45, 7) is 7.57. The van der Waals surface area contributed by atoms with Crippen LogP contribution in [0.1, 0.15) is 40.0 Å². The highest BCUT2D eigenvalue weighted by Crippen LogP contribution is 2.32. The Kier molecular flexibility index (Phi) is 5.22. The molecule has 2 rings (SSSR count). The highest BCUT2D eigenvalue weighted by atomic mass is 32.2. The maximum atomic E-state index is 13.0. The van der Waals surface area contributed by atoms with E-state index in [-0.39, 0.29) is 6.04 Å². The van der Waals surface area contributed by atoms with E-state index in [4.69, 9.17) is 0 Å². The van der Waals surface area contributed by atoms with Gasteiger partial charge in [0.05, 0.1) is 5.69 Å². The first-order valence-corrected chi connectivity index (χ1v) is 9.12. The second-order valence-corrected chi connectivity index (χ2v) is 7.73. The van der Waals surface area contributed by atoms with E-state index in [1.165, 1.54) is 6.20 Å². The van der Waals surface area contributed by atoms with E-state index < -0.39 is 10.0 Å². The van der Waals surface area contributed by atoms with Crippen LogP contribution < -0.4 is 5.32 Å². The average molecular weight is 311 g/mol. The van der Waals surface area contributed by atoms with Gasteiger partial charge in [0, 0.05) is 31.5 Å². The molecular weight excluding hydrogens is 286 g/mol. The maximum Gasteiger partial charge on any atom is 0.246 e. The summed E-state index contributed by atoms with van der Waals surface area (Å²) in [4.78, 5) is 4.31. The normalized spacial score (nSPS) is 20.1. The van der Waals surface area contributed by atoms with Crippen LogP contribution in [0.15, 0.2) is 23.4 Å². The predicted octanol–water partition coefficient (Wildman–Crippen LogP) is 2.71. The van der Waals surface area contributed by atoms with E-state index in [1.807, 2.05) is 0 Å². The van der Waals surface area contributed by atoms with Crippen LogP contribution in [0, 0.1) is 5.92 Å². The first kappa shape index (κ1) is 16.2. The third-order valence-electron chi connectivity index (χ3n) is 3.95. The van der Waals surface area contributed by atoms with Crippen molar-refractivity contribution in [3.8, 4) is 0 Å². The molecule has 0 saturated carbocycles. The number of pyridine rings is 1. The van der Waals surface area contributed by atoms with Crippen molar-refractivity contribution < 1.29 is 8.42 Å². The smallest absolute Gasteiger partial charge is 0.246 e. The Morgan fingerprint density at radius 1 is 1.48 bits per heavy atom. The van der Waals surface area contributed by atoms with Gasteiger partial charge in [0.15, 0.2) is 0 Å². The van der Waals surface area contributed by atoms with Crippen LogP contribution in [0.4, 0.5) is 5.69 Å². The molecule has 1 aliphatic rings. The molecule has 21 heavy (non-hydrogen) atoms. The number of nitrogens with one attached hydrogen (secondary N) is 1. The lowest BCUT2D eigenvalue weighted by molar-refractivity contribution is 0.316. The average Bonchev–Trinajstić information content (AvgIpc) is 2.96. The fraction of sp³-hybridized carbons (Fsp3) is 0.667. The number of aromatic nitrogens is 1. The number of hydrogen-bond acceptors (Lipinski definition) is 4. The fourth-order valence-corrected chi connectivity index (χ4v) is 4.79. The number of rotatable bonds is 6. The molecular formula is C15H25N3O2S. The van der Waals surface area contributed by atoms with Gasteiger partial charge < -0.3 is 5.32 Å². The Bertz CT molecular complexity index is 572. The molecule has 1 fully saturated rings. The third kappa shape index (κ3) is 3.37. The Balaban J connectivity index is 2.35.